The van der Waals surface area contributed by atoms with Gasteiger partial charge in [-0.25, -0.2) is 9.78 Å². The standard InChI is InChI=1S/C26H24N4O4S/c1-17(18-8-4-3-5-9-18)30-24(32)21-10-6-7-11-22(21)28-26(30)35-16-23(31)29-25(33)27-19-12-14-20(34-2)15-13-19/h3-15,17H,16H2,1-2H3,(H2,27,29,31,33)/t17-/m1/s1. The topological polar surface area (TPSA) is 102 Å². The second-order valence-electron chi connectivity index (χ2n) is 7.69. The molecule has 0 aliphatic carbocycles. The zero-order valence-corrected chi connectivity index (χ0v) is 20.0. The van der Waals surface area contributed by atoms with Crippen LogP contribution in [0, 0.1) is 0 Å². The van der Waals surface area contributed by atoms with E-state index in [9.17, 15) is 14.4 Å². The molecular formula is C26H24N4O4S. The van der Waals surface area contributed by atoms with Crippen molar-refractivity contribution in [3.05, 3.63) is 94.8 Å². The molecule has 1 heterocycles. The number of benzene rings is 3. The minimum atomic E-state index is -0.651. The van der Waals surface area contributed by atoms with Crippen LogP contribution in [0.4, 0.5) is 10.5 Å². The second-order valence-corrected chi connectivity index (χ2v) is 8.64. The first-order valence-electron chi connectivity index (χ1n) is 10.9. The van der Waals surface area contributed by atoms with Crippen LogP contribution in [0.15, 0.2) is 88.8 Å². The second kappa shape index (κ2) is 10.9. The number of amides is 3. The molecule has 4 rings (SSSR count). The number of thioether (sulfide) groups is 1. The molecule has 0 unspecified atom stereocenters. The van der Waals surface area contributed by atoms with Crippen LogP contribution in [-0.4, -0.2) is 34.4 Å². The van der Waals surface area contributed by atoms with E-state index < -0.39 is 11.9 Å². The average molecular weight is 489 g/mol. The maximum atomic E-state index is 13.4. The Morgan fingerprint density at radius 2 is 1.69 bits per heavy atom. The molecule has 0 bridgehead atoms. The fraction of sp³-hybridized carbons (Fsp3) is 0.154. The van der Waals surface area contributed by atoms with Crippen LogP contribution in [0.1, 0.15) is 18.5 Å². The van der Waals surface area contributed by atoms with Gasteiger partial charge in [-0.3, -0.25) is 19.5 Å². The quantitative estimate of drug-likeness (QED) is 0.294. The molecular weight excluding hydrogens is 464 g/mol. The highest BCUT2D eigenvalue weighted by Crippen LogP contribution is 2.25. The van der Waals surface area contributed by atoms with Crippen molar-refractivity contribution < 1.29 is 14.3 Å². The molecule has 0 spiro atoms. The van der Waals surface area contributed by atoms with E-state index in [1.807, 2.05) is 43.3 Å². The highest BCUT2D eigenvalue weighted by Gasteiger charge is 2.19. The lowest BCUT2D eigenvalue weighted by atomic mass is 10.1. The molecule has 4 aromatic rings. The summed E-state index contributed by atoms with van der Waals surface area (Å²) in [5, 5.41) is 5.80. The molecule has 9 heteroatoms. The van der Waals surface area contributed by atoms with Crippen LogP contribution in [0.5, 0.6) is 5.75 Å². The van der Waals surface area contributed by atoms with Crippen LogP contribution in [0.3, 0.4) is 0 Å². The molecule has 0 radical (unpaired) electrons. The van der Waals surface area contributed by atoms with E-state index in [2.05, 4.69) is 15.6 Å². The molecule has 3 aromatic carbocycles. The molecule has 35 heavy (non-hydrogen) atoms. The minimum Gasteiger partial charge on any atom is -0.497 e. The summed E-state index contributed by atoms with van der Waals surface area (Å²) in [6, 6.07) is 22.5. The van der Waals surface area contributed by atoms with E-state index in [1.54, 1.807) is 54.1 Å². The molecule has 178 valence electrons. The summed E-state index contributed by atoms with van der Waals surface area (Å²) in [7, 11) is 1.55. The highest BCUT2D eigenvalue weighted by atomic mass is 32.2. The largest absolute Gasteiger partial charge is 0.497 e. The van der Waals surface area contributed by atoms with Crippen molar-refractivity contribution in [1.82, 2.24) is 14.9 Å². The van der Waals surface area contributed by atoms with Gasteiger partial charge in [0.15, 0.2) is 5.16 Å². The monoisotopic (exact) mass is 488 g/mol. The van der Waals surface area contributed by atoms with Crippen LogP contribution in [-0.2, 0) is 4.79 Å². The maximum Gasteiger partial charge on any atom is 0.325 e. The van der Waals surface area contributed by atoms with Gasteiger partial charge >= 0.3 is 6.03 Å². The first-order valence-corrected chi connectivity index (χ1v) is 11.9. The smallest absolute Gasteiger partial charge is 0.325 e. The molecule has 0 aliphatic heterocycles. The summed E-state index contributed by atoms with van der Waals surface area (Å²) in [5.41, 5.74) is 1.82. The van der Waals surface area contributed by atoms with Crippen molar-refractivity contribution >= 4 is 40.3 Å². The van der Waals surface area contributed by atoms with Gasteiger partial charge in [-0.15, -0.1) is 0 Å². The lowest BCUT2D eigenvalue weighted by Crippen LogP contribution is -2.35. The summed E-state index contributed by atoms with van der Waals surface area (Å²) < 4.78 is 6.68. The zero-order chi connectivity index (χ0) is 24.8. The van der Waals surface area contributed by atoms with E-state index >= 15 is 0 Å². The number of carbonyl (C=O) groups is 2. The Kier molecular flexibility index (Phi) is 7.47. The number of para-hydroxylation sites is 1. The van der Waals surface area contributed by atoms with Crippen molar-refractivity contribution in [2.24, 2.45) is 0 Å². The molecule has 0 aliphatic rings. The third-order valence-corrected chi connectivity index (χ3v) is 6.33. The van der Waals surface area contributed by atoms with Crippen molar-refractivity contribution in [3.8, 4) is 5.75 Å². The van der Waals surface area contributed by atoms with E-state index in [0.29, 0.717) is 27.5 Å². The van der Waals surface area contributed by atoms with Gasteiger partial charge in [0.1, 0.15) is 5.75 Å². The lowest BCUT2D eigenvalue weighted by Gasteiger charge is -2.20. The first kappa shape index (κ1) is 24.0. The number of nitrogens with one attached hydrogen (secondary N) is 2. The molecule has 0 saturated heterocycles. The number of aromatic nitrogens is 2. The Balaban J connectivity index is 1.51. The number of hydrogen-bond donors (Lipinski definition) is 2. The van der Waals surface area contributed by atoms with Crippen LogP contribution in [0.25, 0.3) is 10.9 Å². The van der Waals surface area contributed by atoms with E-state index in [1.165, 1.54) is 0 Å². The Morgan fingerprint density at radius 1 is 1.00 bits per heavy atom. The Labute approximate surface area is 206 Å². The van der Waals surface area contributed by atoms with Crippen molar-refractivity contribution in [2.45, 2.75) is 18.1 Å². The molecule has 1 aromatic heterocycles. The number of hydrogen-bond acceptors (Lipinski definition) is 6. The summed E-state index contributed by atoms with van der Waals surface area (Å²) >= 11 is 1.10. The van der Waals surface area contributed by atoms with Crippen LogP contribution in [0.2, 0.25) is 0 Å². The number of nitrogens with zero attached hydrogens (tertiary/aromatic N) is 2. The number of anilines is 1. The third-order valence-electron chi connectivity index (χ3n) is 5.38. The number of ether oxygens (including phenoxy) is 1. The van der Waals surface area contributed by atoms with Gasteiger partial charge in [-0.05, 0) is 48.9 Å². The fourth-order valence-electron chi connectivity index (χ4n) is 3.58. The number of carbonyl (C=O) groups excluding carboxylic acids is 2. The molecule has 8 nitrogen and oxygen atoms in total. The van der Waals surface area contributed by atoms with Gasteiger partial charge in [0.25, 0.3) is 5.56 Å². The molecule has 0 saturated carbocycles. The van der Waals surface area contributed by atoms with Crippen molar-refractivity contribution in [2.75, 3.05) is 18.2 Å². The van der Waals surface area contributed by atoms with Crippen LogP contribution >= 0.6 is 11.8 Å². The first-order chi connectivity index (χ1) is 17.0. The van der Waals surface area contributed by atoms with Gasteiger partial charge < -0.3 is 10.1 Å². The number of urea groups is 1. The molecule has 2 N–H and O–H groups in total. The van der Waals surface area contributed by atoms with Gasteiger partial charge in [-0.1, -0.05) is 54.2 Å². The van der Waals surface area contributed by atoms with Crippen molar-refractivity contribution in [3.63, 3.8) is 0 Å². The lowest BCUT2D eigenvalue weighted by molar-refractivity contribution is -0.117. The van der Waals surface area contributed by atoms with Crippen LogP contribution < -0.4 is 20.9 Å². The predicted molar refractivity (Wildman–Crippen MR) is 137 cm³/mol. The predicted octanol–water partition coefficient (Wildman–Crippen LogP) is 4.45. The maximum absolute atomic E-state index is 13.4. The van der Waals surface area contributed by atoms with Gasteiger partial charge in [-0.2, -0.15) is 0 Å². The number of imide groups is 1. The molecule has 3 amide bonds. The third kappa shape index (κ3) is 5.70. The highest BCUT2D eigenvalue weighted by molar-refractivity contribution is 7.99. The SMILES string of the molecule is COc1ccc(NC(=O)NC(=O)CSc2nc3ccccc3c(=O)n2[C@H](C)c2ccccc2)cc1. The molecule has 1 atom stereocenters. The van der Waals surface area contributed by atoms with Gasteiger partial charge in [0, 0.05) is 5.69 Å². The summed E-state index contributed by atoms with van der Waals surface area (Å²) in [6.45, 7) is 1.92. The summed E-state index contributed by atoms with van der Waals surface area (Å²) in [5.74, 6) is 0.0481. The normalized spacial score (nSPS) is 11.6. The zero-order valence-electron chi connectivity index (χ0n) is 19.2. The van der Waals surface area contributed by atoms with E-state index in [-0.39, 0.29) is 17.4 Å². The minimum absolute atomic E-state index is 0.0949. The Hall–Kier alpha value is -4.11. The van der Waals surface area contributed by atoms with Gasteiger partial charge in [0.2, 0.25) is 5.91 Å². The number of methoxy groups -OCH3 is 1. The summed E-state index contributed by atoms with van der Waals surface area (Å²) in [6.07, 6.45) is 0. The fourth-order valence-corrected chi connectivity index (χ4v) is 4.45. The number of rotatable bonds is 7. The average Bonchev–Trinajstić information content (AvgIpc) is 2.88. The Morgan fingerprint density at radius 3 is 2.40 bits per heavy atom. The van der Waals surface area contributed by atoms with E-state index in [0.717, 1.165) is 17.3 Å². The molecule has 0 fully saturated rings. The Bertz CT molecular complexity index is 1400. The van der Waals surface area contributed by atoms with E-state index in [4.69, 9.17) is 4.74 Å². The summed E-state index contributed by atoms with van der Waals surface area (Å²) in [4.78, 5) is 42.7. The van der Waals surface area contributed by atoms with Gasteiger partial charge in [0.05, 0.1) is 29.8 Å². The number of fused-ring (bicyclic) bond motifs is 1. The van der Waals surface area contributed by atoms with Crippen molar-refractivity contribution in [1.29, 1.82) is 0 Å².